The van der Waals surface area contributed by atoms with Crippen LogP contribution in [0.25, 0.3) is 5.69 Å². The molecule has 0 saturated carbocycles. The molecule has 1 atom stereocenters. The largest absolute Gasteiger partial charge is 0.466 e. The van der Waals surface area contributed by atoms with E-state index < -0.39 is 5.60 Å². The standard InChI is InChI=1S/C17H17N3O3/c1-17(22,15-4-2-11-23-15)12-18-16(21)13-5-7-14(8-6-13)20-10-3-9-19-20/h2-11,22H,12H2,1H3,(H,18,21). The number of carbonyl (C=O) groups is 1. The molecule has 1 aromatic carbocycles. The highest BCUT2D eigenvalue weighted by Crippen LogP contribution is 2.20. The van der Waals surface area contributed by atoms with Crippen molar-refractivity contribution < 1.29 is 14.3 Å². The number of furan rings is 1. The maximum atomic E-state index is 12.2. The first kappa shape index (κ1) is 15.1. The van der Waals surface area contributed by atoms with Gasteiger partial charge in [0.05, 0.1) is 18.5 Å². The molecule has 0 spiro atoms. The first-order valence-corrected chi connectivity index (χ1v) is 7.21. The number of carbonyl (C=O) groups excluding carboxylic acids is 1. The van der Waals surface area contributed by atoms with Gasteiger partial charge in [0.1, 0.15) is 11.4 Å². The van der Waals surface area contributed by atoms with Gasteiger partial charge in [-0.3, -0.25) is 4.79 Å². The van der Waals surface area contributed by atoms with Gasteiger partial charge in [-0.15, -0.1) is 0 Å². The lowest BCUT2D eigenvalue weighted by atomic mass is 10.0. The van der Waals surface area contributed by atoms with Gasteiger partial charge in [0.15, 0.2) is 0 Å². The zero-order valence-electron chi connectivity index (χ0n) is 12.6. The fourth-order valence-electron chi connectivity index (χ4n) is 2.21. The Balaban J connectivity index is 1.64. The second-order valence-corrected chi connectivity index (χ2v) is 5.43. The Hall–Kier alpha value is -2.86. The molecule has 2 N–H and O–H groups in total. The van der Waals surface area contributed by atoms with E-state index in [1.165, 1.54) is 6.26 Å². The Kier molecular flexibility index (Phi) is 3.99. The summed E-state index contributed by atoms with van der Waals surface area (Å²) < 4.78 is 6.89. The van der Waals surface area contributed by atoms with E-state index in [1.54, 1.807) is 42.1 Å². The summed E-state index contributed by atoms with van der Waals surface area (Å²) in [4.78, 5) is 12.2. The molecule has 1 unspecified atom stereocenters. The van der Waals surface area contributed by atoms with Gasteiger partial charge in [-0.1, -0.05) is 0 Å². The summed E-state index contributed by atoms with van der Waals surface area (Å²) >= 11 is 0. The van der Waals surface area contributed by atoms with Crippen LogP contribution in [0.15, 0.2) is 65.5 Å². The average molecular weight is 311 g/mol. The van der Waals surface area contributed by atoms with Crippen molar-refractivity contribution in [3.8, 4) is 5.69 Å². The quantitative estimate of drug-likeness (QED) is 0.756. The van der Waals surface area contributed by atoms with E-state index >= 15 is 0 Å². The van der Waals surface area contributed by atoms with Crippen molar-refractivity contribution in [1.29, 1.82) is 0 Å². The molecule has 0 bridgehead atoms. The molecule has 0 aliphatic rings. The van der Waals surface area contributed by atoms with E-state index in [2.05, 4.69) is 10.4 Å². The van der Waals surface area contributed by atoms with Crippen LogP contribution in [-0.4, -0.2) is 27.3 Å². The van der Waals surface area contributed by atoms with E-state index in [4.69, 9.17) is 4.42 Å². The molecule has 23 heavy (non-hydrogen) atoms. The van der Waals surface area contributed by atoms with Gasteiger partial charge in [0, 0.05) is 18.0 Å². The maximum absolute atomic E-state index is 12.2. The Morgan fingerprint density at radius 3 is 2.70 bits per heavy atom. The molecule has 0 aliphatic carbocycles. The van der Waals surface area contributed by atoms with Crippen LogP contribution in [0.3, 0.4) is 0 Å². The number of rotatable bonds is 5. The van der Waals surface area contributed by atoms with E-state index in [0.717, 1.165) is 5.69 Å². The monoisotopic (exact) mass is 311 g/mol. The van der Waals surface area contributed by atoms with Crippen LogP contribution in [0, 0.1) is 0 Å². The van der Waals surface area contributed by atoms with Crippen molar-refractivity contribution in [2.75, 3.05) is 6.54 Å². The van der Waals surface area contributed by atoms with Crippen molar-refractivity contribution >= 4 is 5.91 Å². The molecule has 6 heteroatoms. The molecule has 118 valence electrons. The Morgan fingerprint density at radius 2 is 2.09 bits per heavy atom. The van der Waals surface area contributed by atoms with Crippen molar-refractivity contribution in [3.63, 3.8) is 0 Å². The lowest BCUT2D eigenvalue weighted by molar-refractivity contribution is 0.0330. The number of hydrogen-bond acceptors (Lipinski definition) is 4. The minimum absolute atomic E-state index is 0.0558. The van der Waals surface area contributed by atoms with Gasteiger partial charge in [0.2, 0.25) is 0 Å². The molecule has 6 nitrogen and oxygen atoms in total. The van der Waals surface area contributed by atoms with E-state index in [1.807, 2.05) is 24.4 Å². The third-order valence-corrected chi connectivity index (χ3v) is 3.54. The number of amides is 1. The predicted octanol–water partition coefficient (Wildman–Crippen LogP) is 2.10. The van der Waals surface area contributed by atoms with Crippen molar-refractivity contribution in [2.45, 2.75) is 12.5 Å². The van der Waals surface area contributed by atoms with Gasteiger partial charge in [-0.25, -0.2) is 4.68 Å². The zero-order valence-corrected chi connectivity index (χ0v) is 12.6. The normalized spacial score (nSPS) is 13.5. The van der Waals surface area contributed by atoms with Gasteiger partial charge in [-0.05, 0) is 49.4 Å². The summed E-state index contributed by atoms with van der Waals surface area (Å²) in [5.74, 6) is 0.149. The predicted molar refractivity (Wildman–Crippen MR) is 84.2 cm³/mol. The molecule has 1 amide bonds. The topological polar surface area (TPSA) is 80.3 Å². The average Bonchev–Trinajstić information content (AvgIpc) is 3.26. The summed E-state index contributed by atoms with van der Waals surface area (Å²) in [6.07, 6.45) is 5.01. The Bertz CT molecular complexity index is 760. The van der Waals surface area contributed by atoms with Gasteiger partial charge < -0.3 is 14.8 Å². The lowest BCUT2D eigenvalue weighted by Crippen LogP contribution is -2.38. The summed E-state index contributed by atoms with van der Waals surface area (Å²) in [6.45, 7) is 1.65. The van der Waals surface area contributed by atoms with Crippen LogP contribution in [0.4, 0.5) is 0 Å². The SMILES string of the molecule is CC(O)(CNC(=O)c1ccc(-n2cccn2)cc1)c1ccco1. The number of nitrogens with one attached hydrogen (secondary N) is 1. The number of aliphatic hydroxyl groups is 1. The smallest absolute Gasteiger partial charge is 0.251 e. The fraction of sp³-hybridized carbons (Fsp3) is 0.176. The Labute approximate surface area is 133 Å². The number of hydrogen-bond donors (Lipinski definition) is 2. The second kappa shape index (κ2) is 6.10. The molecule has 0 aliphatic heterocycles. The summed E-state index contributed by atoms with van der Waals surface area (Å²) in [5.41, 5.74) is 0.124. The minimum Gasteiger partial charge on any atom is -0.466 e. The maximum Gasteiger partial charge on any atom is 0.251 e. The van der Waals surface area contributed by atoms with Crippen molar-refractivity contribution in [2.24, 2.45) is 0 Å². The second-order valence-electron chi connectivity index (χ2n) is 5.43. The molecule has 0 fully saturated rings. The van der Waals surface area contributed by atoms with Crippen LogP contribution in [0.1, 0.15) is 23.0 Å². The van der Waals surface area contributed by atoms with Crippen molar-refractivity contribution in [1.82, 2.24) is 15.1 Å². The first-order valence-electron chi connectivity index (χ1n) is 7.21. The van der Waals surface area contributed by atoms with E-state index in [-0.39, 0.29) is 12.5 Å². The van der Waals surface area contributed by atoms with Gasteiger partial charge in [0.25, 0.3) is 5.91 Å². The number of benzene rings is 1. The van der Waals surface area contributed by atoms with Crippen LogP contribution in [-0.2, 0) is 5.60 Å². The molecule has 2 aromatic heterocycles. The fourth-order valence-corrected chi connectivity index (χ4v) is 2.21. The summed E-state index contributed by atoms with van der Waals surface area (Å²) in [6, 6.07) is 12.3. The third-order valence-electron chi connectivity index (χ3n) is 3.54. The molecule has 0 saturated heterocycles. The van der Waals surface area contributed by atoms with Crippen LogP contribution < -0.4 is 5.32 Å². The number of aromatic nitrogens is 2. The van der Waals surface area contributed by atoms with Gasteiger partial charge in [-0.2, -0.15) is 5.10 Å². The van der Waals surface area contributed by atoms with Crippen LogP contribution in [0.2, 0.25) is 0 Å². The lowest BCUT2D eigenvalue weighted by Gasteiger charge is -2.21. The molecule has 3 aromatic rings. The van der Waals surface area contributed by atoms with Crippen LogP contribution >= 0.6 is 0 Å². The van der Waals surface area contributed by atoms with E-state index in [0.29, 0.717) is 11.3 Å². The third kappa shape index (κ3) is 3.32. The highest BCUT2D eigenvalue weighted by molar-refractivity contribution is 5.94. The zero-order chi connectivity index (χ0) is 16.3. The number of nitrogens with zero attached hydrogens (tertiary/aromatic N) is 2. The molecular formula is C17H17N3O3. The van der Waals surface area contributed by atoms with E-state index in [9.17, 15) is 9.90 Å². The highest BCUT2D eigenvalue weighted by atomic mass is 16.4. The van der Waals surface area contributed by atoms with Gasteiger partial charge >= 0.3 is 0 Å². The highest BCUT2D eigenvalue weighted by Gasteiger charge is 2.26. The summed E-state index contributed by atoms with van der Waals surface area (Å²) in [7, 11) is 0. The Morgan fingerprint density at radius 1 is 1.30 bits per heavy atom. The van der Waals surface area contributed by atoms with Crippen molar-refractivity contribution in [3.05, 3.63) is 72.4 Å². The molecule has 3 rings (SSSR count). The minimum atomic E-state index is -1.26. The molecular weight excluding hydrogens is 294 g/mol. The molecule has 0 radical (unpaired) electrons. The molecule has 2 heterocycles. The van der Waals surface area contributed by atoms with Crippen LogP contribution in [0.5, 0.6) is 0 Å². The summed E-state index contributed by atoms with van der Waals surface area (Å²) in [5, 5.41) is 17.2. The first-order chi connectivity index (χ1) is 11.1.